The highest BCUT2D eigenvalue weighted by atomic mass is 35.5. The van der Waals surface area contributed by atoms with E-state index in [2.05, 4.69) is 24.4 Å². The highest BCUT2D eigenvalue weighted by molar-refractivity contribution is 6.30. The first kappa shape index (κ1) is 22.7. The molecule has 162 valence electrons. The van der Waals surface area contributed by atoms with E-state index in [1.165, 1.54) is 12.0 Å². The first-order valence-corrected chi connectivity index (χ1v) is 11.0. The van der Waals surface area contributed by atoms with Gasteiger partial charge >= 0.3 is 0 Å². The van der Waals surface area contributed by atoms with Crippen molar-refractivity contribution in [3.63, 3.8) is 0 Å². The lowest BCUT2D eigenvalue weighted by atomic mass is 10.1. The molecule has 4 nitrogen and oxygen atoms in total. The summed E-state index contributed by atoms with van der Waals surface area (Å²) in [4.78, 5) is 12.8. The molecule has 1 N–H and O–H groups in total. The summed E-state index contributed by atoms with van der Waals surface area (Å²) in [6.07, 6.45) is 3.39. The molecule has 0 radical (unpaired) electrons. The molecular formula is C26H28ClNO3. The molecule has 0 heterocycles. The predicted molar refractivity (Wildman–Crippen MR) is 126 cm³/mol. The fourth-order valence-electron chi connectivity index (χ4n) is 3.19. The largest absolute Gasteiger partial charge is 0.493 e. The van der Waals surface area contributed by atoms with Crippen LogP contribution in [-0.2, 0) is 13.0 Å². The average Bonchev–Trinajstić information content (AvgIpc) is 2.78. The molecule has 0 saturated carbocycles. The van der Waals surface area contributed by atoms with E-state index >= 15 is 0 Å². The molecular weight excluding hydrogens is 410 g/mol. The van der Waals surface area contributed by atoms with Gasteiger partial charge in [0.1, 0.15) is 18.1 Å². The number of hydrogen-bond acceptors (Lipinski definition) is 3. The van der Waals surface area contributed by atoms with Crippen LogP contribution in [0, 0.1) is 0 Å². The van der Waals surface area contributed by atoms with Crippen LogP contribution < -0.4 is 14.8 Å². The summed E-state index contributed by atoms with van der Waals surface area (Å²) in [6.45, 7) is 4.90. The van der Waals surface area contributed by atoms with E-state index in [9.17, 15) is 4.79 Å². The van der Waals surface area contributed by atoms with E-state index < -0.39 is 0 Å². The van der Waals surface area contributed by atoms with Gasteiger partial charge in [-0.25, -0.2) is 0 Å². The van der Waals surface area contributed by atoms with Crippen LogP contribution >= 0.6 is 11.6 Å². The number of nitrogens with one attached hydrogen (secondary N) is 1. The van der Waals surface area contributed by atoms with Crippen molar-refractivity contribution in [1.82, 2.24) is 0 Å². The lowest BCUT2D eigenvalue weighted by Crippen LogP contribution is -2.13. The Morgan fingerprint density at radius 1 is 0.968 bits per heavy atom. The second-order valence-corrected chi connectivity index (χ2v) is 7.69. The number of amides is 1. The zero-order valence-electron chi connectivity index (χ0n) is 18.0. The van der Waals surface area contributed by atoms with Crippen LogP contribution in [0.5, 0.6) is 11.5 Å². The van der Waals surface area contributed by atoms with Gasteiger partial charge in [0, 0.05) is 21.8 Å². The van der Waals surface area contributed by atoms with Crippen molar-refractivity contribution in [2.75, 3.05) is 11.9 Å². The van der Waals surface area contributed by atoms with Gasteiger partial charge in [-0.15, -0.1) is 0 Å². The van der Waals surface area contributed by atoms with Crippen LogP contribution in [0.15, 0.2) is 66.7 Å². The standard InChI is InChI=1S/C26H28ClNO3/c1-3-5-7-19-10-13-23(14-11-19)28-26(29)20-12-15-25(30-4-2)21(16-20)18-31-24-9-6-8-22(27)17-24/h6,8-17H,3-5,7,18H2,1-2H3,(H,28,29). The third-order valence-electron chi connectivity index (χ3n) is 4.84. The number of rotatable bonds is 10. The predicted octanol–water partition coefficient (Wildman–Crippen LogP) is 6.91. The van der Waals surface area contributed by atoms with Crippen molar-refractivity contribution in [1.29, 1.82) is 0 Å². The third-order valence-corrected chi connectivity index (χ3v) is 5.08. The van der Waals surface area contributed by atoms with Crippen LogP contribution in [0.4, 0.5) is 5.69 Å². The Labute approximate surface area is 189 Å². The first-order valence-electron chi connectivity index (χ1n) is 10.6. The van der Waals surface area contributed by atoms with Gasteiger partial charge < -0.3 is 14.8 Å². The zero-order chi connectivity index (χ0) is 22.1. The van der Waals surface area contributed by atoms with E-state index in [4.69, 9.17) is 21.1 Å². The summed E-state index contributed by atoms with van der Waals surface area (Å²) in [5.41, 5.74) is 3.39. The maximum atomic E-state index is 12.8. The van der Waals surface area contributed by atoms with Crippen LogP contribution in [0.25, 0.3) is 0 Å². The molecule has 0 atom stereocenters. The quantitative estimate of drug-likeness (QED) is 0.374. The monoisotopic (exact) mass is 437 g/mol. The Balaban J connectivity index is 1.71. The summed E-state index contributed by atoms with van der Waals surface area (Å²) in [7, 11) is 0. The second kappa shape index (κ2) is 11.4. The van der Waals surface area contributed by atoms with Crippen LogP contribution in [0.3, 0.4) is 0 Å². The highest BCUT2D eigenvalue weighted by Crippen LogP contribution is 2.25. The topological polar surface area (TPSA) is 47.6 Å². The molecule has 3 aromatic carbocycles. The summed E-state index contributed by atoms with van der Waals surface area (Å²) >= 11 is 6.03. The third kappa shape index (κ3) is 6.76. The van der Waals surface area contributed by atoms with Crippen LogP contribution in [0.2, 0.25) is 5.02 Å². The summed E-state index contributed by atoms with van der Waals surface area (Å²) in [6, 6.07) is 20.6. The van der Waals surface area contributed by atoms with Crippen LogP contribution in [0.1, 0.15) is 48.2 Å². The minimum absolute atomic E-state index is 0.173. The Kier molecular flexibility index (Phi) is 8.36. The molecule has 1 amide bonds. The molecule has 0 bridgehead atoms. The zero-order valence-corrected chi connectivity index (χ0v) is 18.7. The lowest BCUT2D eigenvalue weighted by Gasteiger charge is -2.14. The van der Waals surface area contributed by atoms with Gasteiger partial charge in [-0.3, -0.25) is 4.79 Å². The number of aryl methyl sites for hydroxylation is 1. The molecule has 0 unspecified atom stereocenters. The Bertz CT molecular complexity index is 1000. The molecule has 0 fully saturated rings. The van der Waals surface area contributed by atoms with Crippen molar-refractivity contribution >= 4 is 23.2 Å². The minimum Gasteiger partial charge on any atom is -0.493 e. The molecule has 0 aliphatic carbocycles. The van der Waals surface area contributed by atoms with Gasteiger partial charge in [0.05, 0.1) is 6.61 Å². The van der Waals surface area contributed by atoms with Crippen LogP contribution in [-0.4, -0.2) is 12.5 Å². The number of carbonyl (C=O) groups is 1. The smallest absolute Gasteiger partial charge is 0.255 e. The van der Waals surface area contributed by atoms with Crippen molar-refractivity contribution in [3.05, 3.63) is 88.4 Å². The molecule has 3 rings (SSSR count). The molecule has 0 aliphatic heterocycles. The minimum atomic E-state index is -0.173. The normalized spacial score (nSPS) is 10.5. The maximum absolute atomic E-state index is 12.8. The number of halogens is 1. The van der Waals surface area contributed by atoms with Gasteiger partial charge in [-0.2, -0.15) is 0 Å². The van der Waals surface area contributed by atoms with Gasteiger partial charge in [-0.05, 0) is 73.9 Å². The van der Waals surface area contributed by atoms with E-state index in [0.717, 1.165) is 24.1 Å². The van der Waals surface area contributed by atoms with Crippen molar-refractivity contribution in [2.45, 2.75) is 39.7 Å². The molecule has 3 aromatic rings. The number of ether oxygens (including phenoxy) is 2. The molecule has 5 heteroatoms. The number of hydrogen-bond donors (Lipinski definition) is 1. The van der Waals surface area contributed by atoms with Gasteiger partial charge in [0.25, 0.3) is 5.91 Å². The molecule has 0 aliphatic rings. The fraction of sp³-hybridized carbons (Fsp3) is 0.269. The summed E-state index contributed by atoms with van der Waals surface area (Å²) < 4.78 is 11.6. The van der Waals surface area contributed by atoms with Crippen molar-refractivity contribution in [2.24, 2.45) is 0 Å². The number of unbranched alkanes of at least 4 members (excludes halogenated alkanes) is 1. The van der Waals surface area contributed by atoms with E-state index in [1.807, 2.05) is 37.3 Å². The van der Waals surface area contributed by atoms with E-state index in [0.29, 0.717) is 28.7 Å². The number of carbonyl (C=O) groups excluding carboxylic acids is 1. The molecule has 0 aromatic heterocycles. The first-order chi connectivity index (χ1) is 15.1. The summed E-state index contributed by atoms with van der Waals surface area (Å²) in [5, 5.41) is 3.57. The molecule has 0 spiro atoms. The van der Waals surface area contributed by atoms with Crippen molar-refractivity contribution in [3.8, 4) is 11.5 Å². The van der Waals surface area contributed by atoms with Gasteiger partial charge in [0.2, 0.25) is 0 Å². The number of benzene rings is 3. The highest BCUT2D eigenvalue weighted by Gasteiger charge is 2.12. The van der Waals surface area contributed by atoms with E-state index in [1.54, 1.807) is 24.3 Å². The van der Waals surface area contributed by atoms with Crippen molar-refractivity contribution < 1.29 is 14.3 Å². The Morgan fingerprint density at radius 3 is 2.48 bits per heavy atom. The van der Waals surface area contributed by atoms with Gasteiger partial charge in [0.15, 0.2) is 0 Å². The molecule has 31 heavy (non-hydrogen) atoms. The van der Waals surface area contributed by atoms with E-state index in [-0.39, 0.29) is 12.5 Å². The summed E-state index contributed by atoms with van der Waals surface area (Å²) in [5.74, 6) is 1.18. The fourth-order valence-corrected chi connectivity index (χ4v) is 3.37. The Morgan fingerprint density at radius 2 is 1.77 bits per heavy atom. The molecule has 0 saturated heterocycles. The van der Waals surface area contributed by atoms with Gasteiger partial charge in [-0.1, -0.05) is 43.1 Å². The maximum Gasteiger partial charge on any atom is 0.255 e. The Hall–Kier alpha value is -2.98. The second-order valence-electron chi connectivity index (χ2n) is 7.26. The SMILES string of the molecule is CCCCc1ccc(NC(=O)c2ccc(OCC)c(COc3cccc(Cl)c3)c2)cc1. The lowest BCUT2D eigenvalue weighted by molar-refractivity contribution is 0.102. The average molecular weight is 438 g/mol. The number of anilines is 1.